The summed E-state index contributed by atoms with van der Waals surface area (Å²) in [4.78, 5) is 27.7. The van der Waals surface area contributed by atoms with E-state index < -0.39 is 18.3 Å². The maximum atomic E-state index is 11.7. The Kier molecular flexibility index (Phi) is 5.87. The molecule has 8 heteroatoms. The molecule has 0 aliphatic rings. The van der Waals surface area contributed by atoms with Gasteiger partial charge in [-0.1, -0.05) is 30.3 Å². The number of anilines is 2. The molecule has 0 aliphatic heterocycles. The molecule has 4 N–H and O–H groups in total. The van der Waals surface area contributed by atoms with Crippen LogP contribution in [-0.2, 0) is 4.74 Å². The van der Waals surface area contributed by atoms with Crippen molar-refractivity contribution in [1.82, 2.24) is 4.98 Å². The van der Waals surface area contributed by atoms with Crippen molar-refractivity contribution in [2.24, 2.45) is 0 Å². The van der Waals surface area contributed by atoms with E-state index in [1.165, 1.54) is 12.1 Å². The van der Waals surface area contributed by atoms with Gasteiger partial charge in [0.05, 0.1) is 28.9 Å². The number of para-hydroxylation sites is 1. The number of fused-ring (bicyclic) bond motifs is 2. The molecule has 3 aromatic carbocycles. The number of hydrogen-bond donors (Lipinski definition) is 4. The van der Waals surface area contributed by atoms with Crippen molar-refractivity contribution in [1.29, 1.82) is 0 Å². The number of hydrogen-bond acceptors (Lipinski definition) is 6. The number of amides is 1. The first-order valence-corrected chi connectivity index (χ1v) is 10.0. The summed E-state index contributed by atoms with van der Waals surface area (Å²) < 4.78 is 4.89. The number of benzene rings is 3. The Morgan fingerprint density at radius 3 is 2.56 bits per heavy atom. The molecule has 1 unspecified atom stereocenters. The highest BCUT2D eigenvalue weighted by molar-refractivity contribution is 6.08. The van der Waals surface area contributed by atoms with E-state index in [1.54, 1.807) is 37.3 Å². The highest BCUT2D eigenvalue weighted by Gasteiger charge is 2.16. The number of aliphatic hydroxyl groups excluding tert-OH is 1. The summed E-state index contributed by atoms with van der Waals surface area (Å²) in [6.45, 7) is 1.97. The number of carboxylic acids is 1. The number of aliphatic hydroxyl groups is 1. The molecule has 0 saturated heterocycles. The first kappa shape index (κ1) is 21.1. The molecule has 32 heavy (non-hydrogen) atoms. The fourth-order valence-corrected chi connectivity index (χ4v) is 3.47. The second-order valence-electron chi connectivity index (χ2n) is 7.06. The zero-order chi connectivity index (χ0) is 22.7. The third-order valence-corrected chi connectivity index (χ3v) is 4.93. The highest BCUT2D eigenvalue weighted by Crippen LogP contribution is 2.33. The van der Waals surface area contributed by atoms with Crippen LogP contribution in [0.5, 0.6) is 0 Å². The van der Waals surface area contributed by atoms with Crippen molar-refractivity contribution in [2.45, 2.75) is 13.2 Å². The molecule has 1 amide bonds. The van der Waals surface area contributed by atoms with Crippen molar-refractivity contribution in [2.75, 3.05) is 17.2 Å². The molecule has 1 atom stereocenters. The summed E-state index contributed by atoms with van der Waals surface area (Å²) in [6.07, 6.45) is -1.68. The predicted molar refractivity (Wildman–Crippen MR) is 122 cm³/mol. The lowest BCUT2D eigenvalue weighted by atomic mass is 10.0. The lowest BCUT2D eigenvalue weighted by Crippen LogP contribution is -2.15. The molecular weight excluding hydrogens is 410 g/mol. The molecule has 0 fully saturated rings. The van der Waals surface area contributed by atoms with Crippen molar-refractivity contribution >= 4 is 45.2 Å². The normalized spacial score (nSPS) is 11.8. The van der Waals surface area contributed by atoms with Gasteiger partial charge in [0.2, 0.25) is 0 Å². The van der Waals surface area contributed by atoms with Crippen LogP contribution in [0.25, 0.3) is 21.8 Å². The quantitative estimate of drug-likeness (QED) is 0.257. The SMILES string of the molecule is CCOC(=O)Nc1cccc(C(O)Nc2c3ccccc3nc3cc(C(=O)O)ccc23)c1. The predicted octanol–water partition coefficient (Wildman–Crippen LogP) is 4.76. The number of nitrogens with zero attached hydrogens (tertiary/aromatic N) is 1. The Labute approximate surface area is 183 Å². The van der Waals surface area contributed by atoms with Gasteiger partial charge in [0, 0.05) is 22.0 Å². The molecule has 0 saturated carbocycles. The molecule has 8 nitrogen and oxygen atoms in total. The van der Waals surface area contributed by atoms with E-state index in [1.807, 2.05) is 24.3 Å². The lowest BCUT2D eigenvalue weighted by Gasteiger charge is -2.19. The molecule has 162 valence electrons. The van der Waals surface area contributed by atoms with Crippen LogP contribution >= 0.6 is 0 Å². The lowest BCUT2D eigenvalue weighted by molar-refractivity contribution is 0.0697. The summed E-state index contributed by atoms with van der Waals surface area (Å²) in [7, 11) is 0. The van der Waals surface area contributed by atoms with Crippen molar-refractivity contribution in [3.8, 4) is 0 Å². The van der Waals surface area contributed by atoms with E-state index in [2.05, 4.69) is 15.6 Å². The third-order valence-electron chi connectivity index (χ3n) is 4.93. The van der Waals surface area contributed by atoms with Crippen LogP contribution in [0.4, 0.5) is 16.2 Å². The summed E-state index contributed by atoms with van der Waals surface area (Å²) in [5.41, 5.74) is 2.92. The first-order valence-electron chi connectivity index (χ1n) is 10.0. The Morgan fingerprint density at radius 2 is 1.78 bits per heavy atom. The second-order valence-corrected chi connectivity index (χ2v) is 7.06. The number of carbonyl (C=O) groups is 2. The van der Waals surface area contributed by atoms with Gasteiger partial charge in [-0.25, -0.2) is 14.6 Å². The topological polar surface area (TPSA) is 121 Å². The number of aromatic nitrogens is 1. The maximum absolute atomic E-state index is 11.7. The van der Waals surface area contributed by atoms with Gasteiger partial charge >= 0.3 is 12.1 Å². The first-order chi connectivity index (χ1) is 15.5. The van der Waals surface area contributed by atoms with E-state index in [9.17, 15) is 19.8 Å². The summed E-state index contributed by atoms with van der Waals surface area (Å²) in [5.74, 6) is -1.04. The van der Waals surface area contributed by atoms with Gasteiger partial charge < -0.3 is 20.3 Å². The Morgan fingerprint density at radius 1 is 1.00 bits per heavy atom. The van der Waals surface area contributed by atoms with Gasteiger partial charge in [0.25, 0.3) is 0 Å². The zero-order valence-corrected chi connectivity index (χ0v) is 17.2. The van der Waals surface area contributed by atoms with Crippen molar-refractivity contribution < 1.29 is 24.5 Å². The Balaban J connectivity index is 1.73. The Hall–Kier alpha value is -4.17. The fourth-order valence-electron chi connectivity index (χ4n) is 3.47. The minimum absolute atomic E-state index is 0.129. The minimum atomic E-state index is -1.10. The number of nitrogens with one attached hydrogen (secondary N) is 2. The molecule has 1 heterocycles. The van der Waals surface area contributed by atoms with Gasteiger partial charge in [-0.05, 0) is 43.3 Å². The van der Waals surface area contributed by atoms with Crippen LogP contribution in [0, 0.1) is 0 Å². The van der Waals surface area contributed by atoms with Crippen molar-refractivity contribution in [3.63, 3.8) is 0 Å². The molecule has 4 aromatic rings. The number of carboxylic acid groups (broad SMARTS) is 1. The molecule has 0 radical (unpaired) electrons. The van der Waals surface area contributed by atoms with Crippen LogP contribution < -0.4 is 10.6 Å². The number of rotatable bonds is 6. The van der Waals surface area contributed by atoms with E-state index in [4.69, 9.17) is 4.74 Å². The molecule has 0 aliphatic carbocycles. The van der Waals surface area contributed by atoms with Gasteiger partial charge in [0.15, 0.2) is 6.23 Å². The second kappa shape index (κ2) is 8.91. The van der Waals surface area contributed by atoms with Crippen LogP contribution in [0.1, 0.15) is 29.1 Å². The van der Waals surface area contributed by atoms with Gasteiger partial charge in [-0.3, -0.25) is 5.32 Å². The van der Waals surface area contributed by atoms with E-state index in [0.717, 1.165) is 5.39 Å². The van der Waals surface area contributed by atoms with E-state index in [0.29, 0.717) is 33.4 Å². The molecule has 0 spiro atoms. The molecule has 1 aromatic heterocycles. The maximum Gasteiger partial charge on any atom is 0.411 e. The van der Waals surface area contributed by atoms with E-state index >= 15 is 0 Å². The molecule has 0 bridgehead atoms. The standard InChI is InChI=1S/C24H21N3O5/c1-2-32-24(31)25-16-7-5-6-14(12-16)22(28)27-21-17-8-3-4-9-19(17)26-20-13-15(23(29)30)10-11-18(20)21/h3-13,22,28H,2H2,1H3,(H,25,31)(H,26,27)(H,29,30). The van der Waals surface area contributed by atoms with E-state index in [-0.39, 0.29) is 12.2 Å². The highest BCUT2D eigenvalue weighted by atomic mass is 16.5. The van der Waals surface area contributed by atoms with Crippen LogP contribution in [0.2, 0.25) is 0 Å². The smallest absolute Gasteiger partial charge is 0.411 e. The van der Waals surface area contributed by atoms with Crippen LogP contribution in [0.3, 0.4) is 0 Å². The van der Waals surface area contributed by atoms with Gasteiger partial charge in [-0.2, -0.15) is 0 Å². The van der Waals surface area contributed by atoms with Crippen LogP contribution in [0.15, 0.2) is 66.7 Å². The van der Waals surface area contributed by atoms with Crippen LogP contribution in [-0.4, -0.2) is 33.9 Å². The average molecular weight is 431 g/mol. The summed E-state index contributed by atoms with van der Waals surface area (Å²) in [6, 6.07) is 18.9. The largest absolute Gasteiger partial charge is 0.478 e. The zero-order valence-electron chi connectivity index (χ0n) is 17.2. The molecule has 4 rings (SSSR count). The fraction of sp³-hybridized carbons (Fsp3) is 0.125. The average Bonchev–Trinajstić information content (AvgIpc) is 2.78. The molecular formula is C24H21N3O5. The van der Waals surface area contributed by atoms with Crippen molar-refractivity contribution in [3.05, 3.63) is 77.9 Å². The Bertz CT molecular complexity index is 1320. The monoisotopic (exact) mass is 431 g/mol. The number of aromatic carboxylic acids is 1. The number of carbonyl (C=O) groups excluding carboxylic acids is 1. The summed E-state index contributed by atoms with van der Waals surface area (Å²) in [5, 5.41) is 27.4. The minimum Gasteiger partial charge on any atom is -0.478 e. The van der Waals surface area contributed by atoms with Gasteiger partial charge in [0.1, 0.15) is 0 Å². The number of ether oxygens (including phenoxy) is 1. The van der Waals surface area contributed by atoms with Gasteiger partial charge in [-0.15, -0.1) is 0 Å². The summed E-state index contributed by atoms with van der Waals surface area (Å²) >= 11 is 0. The third kappa shape index (κ3) is 4.30. The number of pyridine rings is 1.